The number of nitrogens with zero attached hydrogens (tertiary/aromatic N) is 1. The Labute approximate surface area is 94.9 Å². The number of ether oxygens (including phenoxy) is 1. The van der Waals surface area contributed by atoms with Gasteiger partial charge in [0.25, 0.3) is 0 Å². The average Bonchev–Trinajstić information content (AvgIpc) is 2.87. The summed E-state index contributed by atoms with van der Waals surface area (Å²) in [5.74, 6) is 0.506. The van der Waals surface area contributed by atoms with Crippen LogP contribution in [0.25, 0.3) is 0 Å². The summed E-state index contributed by atoms with van der Waals surface area (Å²) in [6, 6.07) is 0. The van der Waals surface area contributed by atoms with E-state index in [0.717, 1.165) is 19.6 Å². The summed E-state index contributed by atoms with van der Waals surface area (Å²) in [7, 11) is 1.99. The summed E-state index contributed by atoms with van der Waals surface area (Å²) >= 11 is 1.74. The van der Waals surface area contributed by atoms with Crippen molar-refractivity contribution < 1.29 is 4.74 Å². The molecule has 0 bridgehead atoms. The number of rotatable bonds is 3. The van der Waals surface area contributed by atoms with Crippen LogP contribution in [0.4, 0.5) is 0 Å². The summed E-state index contributed by atoms with van der Waals surface area (Å²) in [5.41, 5.74) is 1.16. The second-order valence-electron chi connectivity index (χ2n) is 4.37. The Kier molecular flexibility index (Phi) is 3.09. The zero-order chi connectivity index (χ0) is 10.9. The molecule has 1 aliphatic heterocycles. The van der Waals surface area contributed by atoms with Gasteiger partial charge in [0.2, 0.25) is 0 Å². The van der Waals surface area contributed by atoms with Crippen LogP contribution in [0.2, 0.25) is 0 Å². The van der Waals surface area contributed by atoms with Crippen LogP contribution in [0.15, 0.2) is 5.38 Å². The summed E-state index contributed by atoms with van der Waals surface area (Å²) in [4.78, 5) is 4.71. The van der Waals surface area contributed by atoms with Crippen LogP contribution < -0.4 is 5.32 Å². The predicted octanol–water partition coefficient (Wildman–Crippen LogP) is 2.10. The van der Waals surface area contributed by atoms with Gasteiger partial charge in [-0.2, -0.15) is 0 Å². The molecule has 1 saturated heterocycles. The normalized spacial score (nSPS) is 26.4. The van der Waals surface area contributed by atoms with Crippen molar-refractivity contribution in [3.05, 3.63) is 16.1 Å². The quantitative estimate of drug-likeness (QED) is 0.857. The van der Waals surface area contributed by atoms with Gasteiger partial charge in [0.1, 0.15) is 5.01 Å². The van der Waals surface area contributed by atoms with Crippen LogP contribution in [0.1, 0.15) is 36.9 Å². The monoisotopic (exact) mass is 226 g/mol. The molecule has 0 amide bonds. The molecular weight excluding hydrogens is 208 g/mol. The van der Waals surface area contributed by atoms with Gasteiger partial charge in [0.15, 0.2) is 0 Å². The molecule has 1 atom stereocenters. The molecule has 1 unspecified atom stereocenters. The Morgan fingerprint density at radius 1 is 1.60 bits per heavy atom. The van der Waals surface area contributed by atoms with Crippen LogP contribution in [0, 0.1) is 0 Å². The van der Waals surface area contributed by atoms with Crippen molar-refractivity contribution in [3.63, 3.8) is 0 Å². The smallest absolute Gasteiger partial charge is 0.115 e. The lowest BCUT2D eigenvalue weighted by Crippen LogP contribution is -2.40. The number of hydrogen-bond acceptors (Lipinski definition) is 4. The van der Waals surface area contributed by atoms with Crippen LogP contribution in [0.5, 0.6) is 0 Å². The molecule has 2 rings (SSSR count). The molecule has 1 fully saturated rings. The third-order valence-corrected chi connectivity index (χ3v) is 4.09. The minimum absolute atomic E-state index is 0.0300. The van der Waals surface area contributed by atoms with E-state index in [4.69, 9.17) is 9.72 Å². The third-order valence-electron chi connectivity index (χ3n) is 3.02. The topological polar surface area (TPSA) is 34.2 Å². The van der Waals surface area contributed by atoms with Crippen molar-refractivity contribution in [1.29, 1.82) is 0 Å². The van der Waals surface area contributed by atoms with E-state index in [-0.39, 0.29) is 5.54 Å². The Morgan fingerprint density at radius 3 is 2.87 bits per heavy atom. The van der Waals surface area contributed by atoms with Crippen molar-refractivity contribution in [1.82, 2.24) is 10.3 Å². The number of hydrogen-bond donors (Lipinski definition) is 1. The van der Waals surface area contributed by atoms with Crippen LogP contribution in [0.3, 0.4) is 0 Å². The Balaban J connectivity index is 2.27. The van der Waals surface area contributed by atoms with Gasteiger partial charge >= 0.3 is 0 Å². The molecule has 4 heteroatoms. The molecule has 84 valence electrons. The lowest BCUT2D eigenvalue weighted by molar-refractivity contribution is 0.169. The van der Waals surface area contributed by atoms with Gasteiger partial charge in [-0.3, -0.25) is 0 Å². The van der Waals surface area contributed by atoms with Gasteiger partial charge in [0.05, 0.1) is 17.8 Å². The van der Waals surface area contributed by atoms with Crippen molar-refractivity contribution >= 4 is 11.3 Å². The molecule has 15 heavy (non-hydrogen) atoms. The Bertz CT molecular complexity index is 329. The maximum Gasteiger partial charge on any atom is 0.115 e. The molecule has 1 N–H and O–H groups in total. The number of aromatic nitrogens is 1. The fourth-order valence-corrected chi connectivity index (χ4v) is 3.01. The van der Waals surface area contributed by atoms with E-state index in [1.165, 1.54) is 10.7 Å². The second-order valence-corrected chi connectivity index (χ2v) is 5.23. The van der Waals surface area contributed by atoms with E-state index in [9.17, 15) is 0 Å². The molecule has 0 saturated carbocycles. The van der Waals surface area contributed by atoms with Crippen molar-refractivity contribution in [2.75, 3.05) is 20.3 Å². The van der Waals surface area contributed by atoms with Gasteiger partial charge in [0, 0.05) is 12.0 Å². The van der Waals surface area contributed by atoms with Gasteiger partial charge in [-0.05, 0) is 19.4 Å². The van der Waals surface area contributed by atoms with E-state index in [0.29, 0.717) is 5.92 Å². The molecular formula is C11H18N2OS. The van der Waals surface area contributed by atoms with Crippen LogP contribution in [-0.2, 0) is 10.3 Å². The van der Waals surface area contributed by atoms with E-state index in [1.54, 1.807) is 11.3 Å². The second kappa shape index (κ2) is 4.20. The highest BCUT2D eigenvalue weighted by molar-refractivity contribution is 7.09. The zero-order valence-electron chi connectivity index (χ0n) is 9.54. The summed E-state index contributed by atoms with van der Waals surface area (Å²) < 4.78 is 5.48. The molecule has 1 aromatic heterocycles. The van der Waals surface area contributed by atoms with Gasteiger partial charge in [-0.1, -0.05) is 13.8 Å². The highest BCUT2D eigenvalue weighted by Gasteiger charge is 2.37. The van der Waals surface area contributed by atoms with E-state index < -0.39 is 0 Å². The van der Waals surface area contributed by atoms with Gasteiger partial charge in [-0.25, -0.2) is 4.98 Å². The van der Waals surface area contributed by atoms with Crippen molar-refractivity contribution in [2.45, 2.75) is 31.7 Å². The first-order chi connectivity index (χ1) is 7.18. The molecule has 3 nitrogen and oxygen atoms in total. The lowest BCUT2D eigenvalue weighted by atomic mass is 10.00. The molecule has 0 radical (unpaired) electrons. The third kappa shape index (κ3) is 1.94. The average molecular weight is 226 g/mol. The standard InChI is InChI=1S/C11H18N2OS/c1-8(2)9-6-15-10(13-9)11(12-3)4-5-14-7-11/h6,8,12H,4-5,7H2,1-3H3. The largest absolute Gasteiger partial charge is 0.379 e. The fraction of sp³-hybridized carbons (Fsp3) is 0.727. The zero-order valence-corrected chi connectivity index (χ0v) is 10.4. The molecule has 2 heterocycles. The van der Waals surface area contributed by atoms with Crippen molar-refractivity contribution in [2.24, 2.45) is 0 Å². The Morgan fingerprint density at radius 2 is 2.40 bits per heavy atom. The number of nitrogens with one attached hydrogen (secondary N) is 1. The number of thiazole rings is 1. The summed E-state index contributed by atoms with van der Waals surface area (Å²) in [6.45, 7) is 5.93. The van der Waals surface area contributed by atoms with E-state index in [2.05, 4.69) is 24.5 Å². The van der Waals surface area contributed by atoms with E-state index in [1.807, 2.05) is 7.05 Å². The summed E-state index contributed by atoms with van der Waals surface area (Å²) in [6.07, 6.45) is 1.02. The highest BCUT2D eigenvalue weighted by atomic mass is 32.1. The molecule has 1 aromatic rings. The molecule has 0 aromatic carbocycles. The van der Waals surface area contributed by atoms with Crippen LogP contribution in [-0.4, -0.2) is 25.2 Å². The number of likely N-dealkylation sites (N-methyl/N-ethyl adjacent to an activating group) is 1. The van der Waals surface area contributed by atoms with Gasteiger partial charge < -0.3 is 10.1 Å². The first-order valence-electron chi connectivity index (χ1n) is 5.40. The minimum atomic E-state index is -0.0300. The molecule has 1 aliphatic rings. The maximum absolute atomic E-state index is 5.48. The SMILES string of the molecule is CNC1(c2nc(C(C)C)cs2)CCOC1. The lowest BCUT2D eigenvalue weighted by Gasteiger charge is -2.23. The first kappa shape index (κ1) is 11.0. The predicted molar refractivity (Wildman–Crippen MR) is 62.4 cm³/mol. The maximum atomic E-state index is 5.48. The first-order valence-corrected chi connectivity index (χ1v) is 6.28. The minimum Gasteiger partial charge on any atom is -0.379 e. The highest BCUT2D eigenvalue weighted by Crippen LogP contribution is 2.33. The summed E-state index contributed by atoms with van der Waals surface area (Å²) in [5, 5.41) is 6.71. The molecule has 0 spiro atoms. The van der Waals surface area contributed by atoms with Crippen LogP contribution >= 0.6 is 11.3 Å². The Hall–Kier alpha value is -0.450. The van der Waals surface area contributed by atoms with E-state index >= 15 is 0 Å². The fourth-order valence-electron chi connectivity index (χ4n) is 1.81. The van der Waals surface area contributed by atoms with Gasteiger partial charge in [-0.15, -0.1) is 11.3 Å². The van der Waals surface area contributed by atoms with Crippen molar-refractivity contribution in [3.8, 4) is 0 Å². The molecule has 0 aliphatic carbocycles.